The maximum absolute atomic E-state index is 14.1. The molecule has 36 heavy (non-hydrogen) atoms. The average molecular weight is 513 g/mol. The van der Waals surface area contributed by atoms with Crippen molar-refractivity contribution in [1.82, 2.24) is 9.55 Å². The van der Waals surface area contributed by atoms with E-state index < -0.39 is 35.1 Å². The molecule has 3 aromatic rings. The second-order valence-corrected chi connectivity index (χ2v) is 10.5. The molecule has 3 N–H and O–H groups in total. The monoisotopic (exact) mass is 512 g/mol. The van der Waals surface area contributed by atoms with Gasteiger partial charge in [-0.15, -0.1) is 11.3 Å². The number of aromatic nitrogens is 2. The van der Waals surface area contributed by atoms with Gasteiger partial charge in [-0.3, -0.25) is 19.3 Å². The molecule has 1 saturated carbocycles. The van der Waals surface area contributed by atoms with Crippen LogP contribution in [-0.4, -0.2) is 43.9 Å². The number of ketones is 1. The third-order valence-corrected chi connectivity index (χ3v) is 7.88. The van der Waals surface area contributed by atoms with Crippen molar-refractivity contribution >= 4 is 34.6 Å². The van der Waals surface area contributed by atoms with Crippen LogP contribution in [0.15, 0.2) is 29.8 Å². The van der Waals surface area contributed by atoms with Crippen molar-refractivity contribution in [2.45, 2.75) is 58.1 Å². The van der Waals surface area contributed by atoms with Gasteiger partial charge in [0.25, 0.3) is 11.7 Å². The number of nitrogens with two attached hydrogens (primary N) is 1. The Hall–Kier alpha value is -3.37. The molecule has 2 heterocycles. The van der Waals surface area contributed by atoms with Crippen LogP contribution in [0, 0.1) is 19.7 Å². The summed E-state index contributed by atoms with van der Waals surface area (Å²) in [4.78, 5) is 45.9. The van der Waals surface area contributed by atoms with E-state index in [4.69, 9.17) is 5.73 Å². The first-order valence-corrected chi connectivity index (χ1v) is 12.6. The van der Waals surface area contributed by atoms with E-state index in [-0.39, 0.29) is 11.3 Å². The predicted molar refractivity (Wildman–Crippen MR) is 136 cm³/mol. The van der Waals surface area contributed by atoms with Crippen molar-refractivity contribution in [1.29, 1.82) is 0 Å². The molecule has 2 amide bonds. The van der Waals surface area contributed by atoms with Gasteiger partial charge in [0.2, 0.25) is 0 Å². The summed E-state index contributed by atoms with van der Waals surface area (Å²) in [6, 6.07) is 4.30. The first kappa shape index (κ1) is 25.7. The molecule has 1 aromatic carbocycles. The van der Waals surface area contributed by atoms with Crippen molar-refractivity contribution in [3.05, 3.63) is 58.0 Å². The molecule has 8 nitrogen and oxygen atoms in total. The lowest BCUT2D eigenvalue weighted by atomic mass is 9.79. The van der Waals surface area contributed by atoms with Gasteiger partial charge >= 0.3 is 5.91 Å². The first-order chi connectivity index (χ1) is 17.0. The molecule has 0 bridgehead atoms. The molecule has 1 aliphatic carbocycles. The summed E-state index contributed by atoms with van der Waals surface area (Å²) in [7, 11) is 1.60. The van der Waals surface area contributed by atoms with Crippen LogP contribution in [0.4, 0.5) is 10.1 Å². The number of amides is 2. The molecule has 1 aliphatic rings. The number of nitrogens with zero attached hydrogens (tertiary/aromatic N) is 3. The smallest absolute Gasteiger partial charge is 0.301 e. The number of hydrogen-bond donors (Lipinski definition) is 2. The fourth-order valence-electron chi connectivity index (χ4n) is 5.13. The molecule has 1 fully saturated rings. The van der Waals surface area contributed by atoms with Gasteiger partial charge in [0.15, 0.2) is 0 Å². The lowest BCUT2D eigenvalue weighted by Crippen LogP contribution is -2.55. The number of primary amides is 1. The quantitative estimate of drug-likeness (QED) is 0.383. The Morgan fingerprint density at radius 1 is 1.25 bits per heavy atom. The Kier molecular flexibility index (Phi) is 6.85. The summed E-state index contributed by atoms with van der Waals surface area (Å²) in [6.45, 7) is 5.05. The Bertz CT molecular complexity index is 1340. The van der Waals surface area contributed by atoms with E-state index in [1.807, 2.05) is 6.92 Å². The number of aliphatic hydroxyl groups excluding tert-OH is 1. The van der Waals surface area contributed by atoms with Crippen LogP contribution in [0.2, 0.25) is 0 Å². The molecular formula is C26H29FN4O4S. The van der Waals surface area contributed by atoms with Crippen LogP contribution >= 0.6 is 11.3 Å². The molecule has 10 heteroatoms. The third-order valence-electron chi connectivity index (χ3n) is 7.10. The van der Waals surface area contributed by atoms with E-state index in [2.05, 4.69) is 4.98 Å². The zero-order chi connectivity index (χ0) is 26.4. The van der Waals surface area contributed by atoms with Crippen molar-refractivity contribution < 1.29 is 23.9 Å². The van der Waals surface area contributed by atoms with Crippen molar-refractivity contribution in [2.24, 2.45) is 12.8 Å². The van der Waals surface area contributed by atoms with E-state index >= 15 is 0 Å². The highest BCUT2D eigenvalue weighted by atomic mass is 32.1. The summed E-state index contributed by atoms with van der Waals surface area (Å²) in [5, 5.41) is 12.3. The number of benzene rings is 1. The zero-order valence-corrected chi connectivity index (χ0v) is 21.5. The van der Waals surface area contributed by atoms with E-state index in [1.54, 1.807) is 38.5 Å². The van der Waals surface area contributed by atoms with Crippen LogP contribution in [-0.2, 0) is 11.8 Å². The van der Waals surface area contributed by atoms with Gasteiger partial charge in [-0.05, 0) is 75.8 Å². The minimum Gasteiger partial charge on any atom is -0.393 e. The molecule has 0 saturated heterocycles. The molecule has 0 radical (unpaired) electrons. The molecule has 0 spiro atoms. The molecular weight excluding hydrogens is 483 g/mol. The fourth-order valence-corrected chi connectivity index (χ4v) is 5.86. The van der Waals surface area contributed by atoms with Gasteiger partial charge in [0.1, 0.15) is 10.8 Å². The van der Waals surface area contributed by atoms with Gasteiger partial charge < -0.3 is 15.4 Å². The predicted octanol–water partition coefficient (Wildman–Crippen LogP) is 3.91. The summed E-state index contributed by atoms with van der Waals surface area (Å²) < 4.78 is 15.6. The number of halogens is 1. The Morgan fingerprint density at radius 2 is 1.92 bits per heavy atom. The van der Waals surface area contributed by atoms with Crippen LogP contribution < -0.4 is 10.6 Å². The van der Waals surface area contributed by atoms with Crippen molar-refractivity contribution in [3.63, 3.8) is 0 Å². The van der Waals surface area contributed by atoms with Crippen molar-refractivity contribution in [2.75, 3.05) is 4.90 Å². The molecule has 0 atom stereocenters. The molecule has 0 aliphatic heterocycles. The Balaban J connectivity index is 1.85. The summed E-state index contributed by atoms with van der Waals surface area (Å²) >= 11 is 1.29. The normalized spacial score (nSPS) is 19.8. The number of anilines is 1. The molecule has 190 valence electrons. The fraction of sp³-hybridized carbons (Fsp3) is 0.385. The zero-order valence-electron chi connectivity index (χ0n) is 20.7. The number of aryl methyl sites for hydroxylation is 1. The van der Waals surface area contributed by atoms with Gasteiger partial charge in [0.05, 0.1) is 23.1 Å². The van der Waals surface area contributed by atoms with E-state index in [0.717, 1.165) is 0 Å². The van der Waals surface area contributed by atoms with Crippen LogP contribution in [0.3, 0.4) is 0 Å². The maximum Gasteiger partial charge on any atom is 0.301 e. The molecule has 2 aromatic heterocycles. The summed E-state index contributed by atoms with van der Waals surface area (Å²) in [6.07, 6.45) is 2.97. The van der Waals surface area contributed by atoms with E-state index in [1.165, 1.54) is 32.9 Å². The standard InChI is InChI=1S/C26H29FN4O4S/c1-14-13-16(5-6-18(14)27)31(26(3)9-7-17(32)8-10-26)25(35)22(33)20-15(2)19(23(28)34)21(30(20)4)24-29-11-12-36-24/h5-6,11-13,17,32H,7-10H2,1-4H3,(H2,28,34). The lowest BCUT2D eigenvalue weighted by molar-refractivity contribution is -0.116. The highest BCUT2D eigenvalue weighted by molar-refractivity contribution is 7.13. The molecule has 4 rings (SSSR count). The largest absolute Gasteiger partial charge is 0.393 e. The van der Waals surface area contributed by atoms with Crippen LogP contribution in [0.5, 0.6) is 0 Å². The van der Waals surface area contributed by atoms with Crippen LogP contribution in [0.1, 0.15) is 64.6 Å². The van der Waals surface area contributed by atoms with E-state index in [9.17, 15) is 23.9 Å². The highest BCUT2D eigenvalue weighted by Crippen LogP contribution is 2.39. The van der Waals surface area contributed by atoms with E-state index in [0.29, 0.717) is 53.2 Å². The average Bonchev–Trinajstić information content (AvgIpc) is 3.44. The Labute approximate surface area is 212 Å². The number of carbonyl (C=O) groups is 3. The SMILES string of the molecule is Cc1cc(N(C(=O)C(=O)c2c(C)c(C(N)=O)c(-c3nccs3)n2C)C2(C)CCC(O)CC2)ccc1F. The minimum absolute atomic E-state index is 0.0438. The first-order valence-electron chi connectivity index (χ1n) is 11.7. The summed E-state index contributed by atoms with van der Waals surface area (Å²) in [5.74, 6) is -2.75. The summed E-state index contributed by atoms with van der Waals surface area (Å²) in [5.41, 5.74) is 6.49. The number of aliphatic hydroxyl groups is 1. The lowest BCUT2D eigenvalue weighted by Gasteiger charge is -2.44. The highest BCUT2D eigenvalue weighted by Gasteiger charge is 2.43. The second kappa shape index (κ2) is 9.59. The van der Waals surface area contributed by atoms with Crippen LogP contribution in [0.25, 0.3) is 10.7 Å². The van der Waals surface area contributed by atoms with Gasteiger partial charge in [0, 0.05) is 29.9 Å². The third kappa shape index (κ3) is 4.35. The topological polar surface area (TPSA) is 119 Å². The van der Waals surface area contributed by atoms with Gasteiger partial charge in [-0.2, -0.15) is 0 Å². The number of carbonyl (C=O) groups excluding carboxylic acids is 3. The number of hydrogen-bond acceptors (Lipinski definition) is 6. The number of Topliss-reactive ketones (excluding diaryl/α,β-unsaturated/α-hetero) is 1. The number of rotatable bonds is 6. The van der Waals surface area contributed by atoms with Gasteiger partial charge in [-0.1, -0.05) is 0 Å². The molecule has 0 unspecified atom stereocenters. The number of thiazole rings is 1. The Morgan fingerprint density at radius 3 is 2.47 bits per heavy atom. The minimum atomic E-state index is -0.811. The van der Waals surface area contributed by atoms with Gasteiger partial charge in [-0.25, -0.2) is 9.37 Å². The maximum atomic E-state index is 14.1. The second-order valence-electron chi connectivity index (χ2n) is 9.59. The van der Waals surface area contributed by atoms with Crippen molar-refractivity contribution in [3.8, 4) is 10.7 Å².